The number of carbonyl (C=O) groups excluding carboxylic acids is 2. The number of nitrogens with one attached hydrogen (secondary N) is 2. The van der Waals surface area contributed by atoms with Crippen LogP contribution in [0.25, 0.3) is 0 Å². The Hall–Kier alpha value is -1.53. The zero-order valence-corrected chi connectivity index (χ0v) is 13.1. The number of thioether (sulfide) groups is 1. The highest BCUT2D eigenvalue weighted by atomic mass is 32.2. The summed E-state index contributed by atoms with van der Waals surface area (Å²) >= 11 is 1.79. The molecule has 1 aliphatic heterocycles. The first-order valence-corrected chi connectivity index (χ1v) is 7.99. The number of benzene rings is 1. The molecule has 2 amide bonds. The van der Waals surface area contributed by atoms with Crippen molar-refractivity contribution in [3.63, 3.8) is 0 Å². The van der Waals surface area contributed by atoms with E-state index in [4.69, 9.17) is 4.74 Å². The number of hydrogen-bond donors (Lipinski definition) is 2. The van der Waals surface area contributed by atoms with E-state index in [9.17, 15) is 9.59 Å². The van der Waals surface area contributed by atoms with Gasteiger partial charge in [-0.2, -0.15) is 11.8 Å². The molecule has 0 aliphatic carbocycles. The zero-order valence-electron chi connectivity index (χ0n) is 12.3. The van der Waals surface area contributed by atoms with Crippen molar-refractivity contribution >= 4 is 29.3 Å². The highest BCUT2D eigenvalue weighted by Crippen LogP contribution is 2.30. The molecule has 1 heterocycles. The van der Waals surface area contributed by atoms with Crippen LogP contribution in [0, 0.1) is 6.92 Å². The summed E-state index contributed by atoms with van der Waals surface area (Å²) in [4.78, 5) is 23.7. The summed E-state index contributed by atoms with van der Waals surface area (Å²) in [7, 11) is 1.64. The number of rotatable bonds is 4. The lowest BCUT2D eigenvalue weighted by Crippen LogP contribution is -2.47. The van der Waals surface area contributed by atoms with Crippen LogP contribution in [0.1, 0.15) is 12.0 Å². The molecule has 5 nitrogen and oxygen atoms in total. The lowest BCUT2D eigenvalue weighted by molar-refractivity contribution is -0.136. The Morgan fingerprint density at radius 1 is 1.38 bits per heavy atom. The predicted octanol–water partition coefficient (Wildman–Crippen LogP) is 1.57. The molecule has 1 aromatic rings. The predicted molar refractivity (Wildman–Crippen MR) is 84.5 cm³/mol. The van der Waals surface area contributed by atoms with Crippen LogP contribution in [0.15, 0.2) is 24.3 Å². The molecule has 1 fully saturated rings. The minimum absolute atomic E-state index is 0.343. The smallest absolute Gasteiger partial charge is 0.313 e. The Kier molecular flexibility index (Phi) is 5.25. The van der Waals surface area contributed by atoms with E-state index < -0.39 is 11.8 Å². The van der Waals surface area contributed by atoms with Crippen molar-refractivity contribution < 1.29 is 14.3 Å². The van der Waals surface area contributed by atoms with E-state index in [-0.39, 0.29) is 5.60 Å². The molecule has 0 spiro atoms. The van der Waals surface area contributed by atoms with Crippen LogP contribution in [0.4, 0.5) is 5.69 Å². The van der Waals surface area contributed by atoms with E-state index in [1.807, 2.05) is 25.1 Å². The molecule has 0 aromatic heterocycles. The molecule has 1 unspecified atom stereocenters. The SMILES string of the molecule is COC1(CNC(=O)C(=O)Nc2cccc(C)c2)CCSC1. The number of ether oxygens (including phenoxy) is 1. The van der Waals surface area contributed by atoms with Gasteiger partial charge in [0.15, 0.2) is 0 Å². The zero-order chi connectivity index (χ0) is 15.3. The lowest BCUT2D eigenvalue weighted by atomic mass is 10.0. The van der Waals surface area contributed by atoms with Gasteiger partial charge in [-0.15, -0.1) is 0 Å². The second kappa shape index (κ2) is 6.95. The average molecular weight is 308 g/mol. The standard InChI is InChI=1S/C15H20N2O3S/c1-11-4-3-5-12(8-11)17-14(19)13(18)16-9-15(20-2)6-7-21-10-15/h3-5,8H,6-7,9-10H2,1-2H3,(H,16,18)(H,17,19). The summed E-state index contributed by atoms with van der Waals surface area (Å²) < 4.78 is 5.50. The number of hydrogen-bond acceptors (Lipinski definition) is 4. The third kappa shape index (κ3) is 4.22. The number of aryl methyl sites for hydroxylation is 1. The van der Waals surface area contributed by atoms with Gasteiger partial charge in [-0.05, 0) is 36.8 Å². The van der Waals surface area contributed by atoms with Gasteiger partial charge in [-0.25, -0.2) is 0 Å². The summed E-state index contributed by atoms with van der Waals surface area (Å²) in [6, 6.07) is 7.33. The van der Waals surface area contributed by atoms with Crippen LogP contribution in [0.3, 0.4) is 0 Å². The first kappa shape index (κ1) is 15.9. The molecule has 1 atom stereocenters. The molecule has 0 bridgehead atoms. The van der Waals surface area contributed by atoms with Gasteiger partial charge in [0, 0.05) is 25.1 Å². The Bertz CT molecular complexity index is 527. The van der Waals surface area contributed by atoms with E-state index in [0.29, 0.717) is 12.2 Å². The van der Waals surface area contributed by atoms with Gasteiger partial charge in [0.05, 0.1) is 5.60 Å². The third-order valence-electron chi connectivity index (χ3n) is 3.55. The normalized spacial score (nSPS) is 21.0. The summed E-state index contributed by atoms with van der Waals surface area (Å²) in [6.07, 6.45) is 0.883. The number of amides is 2. The van der Waals surface area contributed by atoms with E-state index in [0.717, 1.165) is 23.5 Å². The molecule has 2 N–H and O–H groups in total. The fourth-order valence-electron chi connectivity index (χ4n) is 2.19. The maximum Gasteiger partial charge on any atom is 0.313 e. The van der Waals surface area contributed by atoms with Crippen molar-refractivity contribution in [3.05, 3.63) is 29.8 Å². The van der Waals surface area contributed by atoms with E-state index in [1.54, 1.807) is 24.9 Å². The van der Waals surface area contributed by atoms with Crippen molar-refractivity contribution in [1.82, 2.24) is 5.32 Å². The maximum absolute atomic E-state index is 11.9. The fourth-order valence-corrected chi connectivity index (χ4v) is 3.59. The van der Waals surface area contributed by atoms with Crippen molar-refractivity contribution in [2.45, 2.75) is 18.9 Å². The largest absolute Gasteiger partial charge is 0.376 e. The number of carbonyl (C=O) groups is 2. The van der Waals surface area contributed by atoms with Crippen LogP contribution >= 0.6 is 11.8 Å². The highest BCUT2D eigenvalue weighted by Gasteiger charge is 2.35. The third-order valence-corrected chi connectivity index (χ3v) is 4.78. The number of anilines is 1. The quantitative estimate of drug-likeness (QED) is 0.829. The lowest BCUT2D eigenvalue weighted by Gasteiger charge is -2.26. The minimum atomic E-state index is -0.655. The molecule has 6 heteroatoms. The minimum Gasteiger partial charge on any atom is -0.376 e. The van der Waals surface area contributed by atoms with Crippen molar-refractivity contribution in [2.75, 3.05) is 30.5 Å². The maximum atomic E-state index is 11.9. The van der Waals surface area contributed by atoms with Crippen LogP contribution in [-0.2, 0) is 14.3 Å². The molecular formula is C15H20N2O3S. The van der Waals surface area contributed by atoms with Gasteiger partial charge in [0.25, 0.3) is 0 Å². The van der Waals surface area contributed by atoms with Gasteiger partial charge in [-0.3, -0.25) is 9.59 Å². The van der Waals surface area contributed by atoms with E-state index in [1.165, 1.54) is 0 Å². The Balaban J connectivity index is 1.86. The second-order valence-electron chi connectivity index (χ2n) is 5.20. The van der Waals surface area contributed by atoms with Gasteiger partial charge < -0.3 is 15.4 Å². The molecule has 1 aliphatic rings. The molecular weight excluding hydrogens is 288 g/mol. The van der Waals surface area contributed by atoms with Crippen LogP contribution < -0.4 is 10.6 Å². The highest BCUT2D eigenvalue weighted by molar-refractivity contribution is 7.99. The Labute approximate surface area is 128 Å². The van der Waals surface area contributed by atoms with Crippen LogP contribution in [0.2, 0.25) is 0 Å². The Morgan fingerprint density at radius 3 is 2.81 bits per heavy atom. The Morgan fingerprint density at radius 2 is 2.19 bits per heavy atom. The second-order valence-corrected chi connectivity index (χ2v) is 6.30. The topological polar surface area (TPSA) is 67.4 Å². The fraction of sp³-hybridized carbons (Fsp3) is 0.467. The first-order chi connectivity index (χ1) is 10.0. The summed E-state index contributed by atoms with van der Waals surface area (Å²) in [6.45, 7) is 2.28. The van der Waals surface area contributed by atoms with Crippen molar-refractivity contribution in [2.24, 2.45) is 0 Å². The summed E-state index contributed by atoms with van der Waals surface area (Å²) in [5.41, 5.74) is 1.30. The van der Waals surface area contributed by atoms with E-state index >= 15 is 0 Å². The van der Waals surface area contributed by atoms with Crippen LogP contribution in [-0.4, -0.2) is 42.6 Å². The molecule has 21 heavy (non-hydrogen) atoms. The molecule has 2 rings (SSSR count). The monoisotopic (exact) mass is 308 g/mol. The van der Waals surface area contributed by atoms with Gasteiger partial charge in [-0.1, -0.05) is 12.1 Å². The summed E-state index contributed by atoms with van der Waals surface area (Å²) in [5.74, 6) is 0.560. The first-order valence-electron chi connectivity index (χ1n) is 6.83. The molecule has 114 valence electrons. The number of methoxy groups -OCH3 is 1. The summed E-state index contributed by atoms with van der Waals surface area (Å²) in [5, 5.41) is 5.25. The van der Waals surface area contributed by atoms with Gasteiger partial charge in [0.1, 0.15) is 0 Å². The molecule has 0 saturated carbocycles. The van der Waals surface area contributed by atoms with E-state index in [2.05, 4.69) is 10.6 Å². The van der Waals surface area contributed by atoms with Gasteiger partial charge >= 0.3 is 11.8 Å². The molecule has 1 aromatic carbocycles. The van der Waals surface area contributed by atoms with Crippen molar-refractivity contribution in [1.29, 1.82) is 0 Å². The molecule has 0 radical (unpaired) electrons. The van der Waals surface area contributed by atoms with Crippen molar-refractivity contribution in [3.8, 4) is 0 Å². The van der Waals surface area contributed by atoms with Crippen LogP contribution in [0.5, 0.6) is 0 Å². The average Bonchev–Trinajstić information content (AvgIpc) is 2.94. The van der Waals surface area contributed by atoms with Gasteiger partial charge in [0.2, 0.25) is 0 Å². The molecule has 1 saturated heterocycles.